The van der Waals surface area contributed by atoms with Crippen LogP contribution in [0.5, 0.6) is 0 Å². The van der Waals surface area contributed by atoms with Crippen molar-refractivity contribution in [3.63, 3.8) is 0 Å². The molecule has 0 fully saturated rings. The van der Waals surface area contributed by atoms with E-state index in [1.807, 2.05) is 45.0 Å². The van der Waals surface area contributed by atoms with Gasteiger partial charge in [0.15, 0.2) is 9.84 Å². The number of amidine groups is 1. The quantitative estimate of drug-likeness (QED) is 0.440. The fourth-order valence-corrected chi connectivity index (χ4v) is 6.15. The standard InChI is InChI=1S/C26H32Cl2N4O5S/c1-26(2,3)37-25(34)32-15-14-30-24(32)19-10-8-18(9-11-19)16-31(4)22(33)12-13-29-17-38(35,36)23-20(27)6-5-7-21(23)28/h5-11,29H,12-17H2,1-4H3. The molecule has 9 nitrogen and oxygen atoms in total. The lowest BCUT2D eigenvalue weighted by atomic mass is 10.1. The van der Waals surface area contributed by atoms with Crippen molar-refractivity contribution in [1.82, 2.24) is 15.1 Å². The maximum Gasteiger partial charge on any atom is 0.416 e. The van der Waals surface area contributed by atoms with Gasteiger partial charge in [0.1, 0.15) is 22.2 Å². The molecule has 0 aliphatic carbocycles. The number of carbonyl (C=O) groups is 2. The lowest BCUT2D eigenvalue weighted by Gasteiger charge is -2.25. The Hall–Kier alpha value is -2.66. The van der Waals surface area contributed by atoms with E-state index < -0.39 is 21.5 Å². The monoisotopic (exact) mass is 582 g/mol. The van der Waals surface area contributed by atoms with Crippen LogP contribution in [-0.4, -0.2) is 74.2 Å². The molecule has 38 heavy (non-hydrogen) atoms. The van der Waals surface area contributed by atoms with Crippen molar-refractivity contribution in [2.75, 3.05) is 32.6 Å². The number of hydrogen-bond donors (Lipinski definition) is 1. The first-order valence-corrected chi connectivity index (χ1v) is 14.4. The highest BCUT2D eigenvalue weighted by molar-refractivity contribution is 7.91. The van der Waals surface area contributed by atoms with E-state index in [1.54, 1.807) is 18.0 Å². The van der Waals surface area contributed by atoms with Gasteiger partial charge in [-0.2, -0.15) is 0 Å². The number of amides is 2. The van der Waals surface area contributed by atoms with E-state index in [4.69, 9.17) is 27.9 Å². The van der Waals surface area contributed by atoms with Gasteiger partial charge < -0.3 is 15.0 Å². The molecule has 2 amide bonds. The second kappa shape index (κ2) is 12.5. The molecule has 0 aromatic heterocycles. The summed E-state index contributed by atoms with van der Waals surface area (Å²) in [6.07, 6.45) is -0.318. The minimum Gasteiger partial charge on any atom is -0.443 e. The second-order valence-electron chi connectivity index (χ2n) is 9.84. The molecule has 1 heterocycles. The Kier molecular flexibility index (Phi) is 9.80. The highest BCUT2D eigenvalue weighted by Crippen LogP contribution is 2.29. The molecule has 0 unspecified atom stereocenters. The van der Waals surface area contributed by atoms with E-state index in [0.717, 1.165) is 11.1 Å². The predicted molar refractivity (Wildman–Crippen MR) is 148 cm³/mol. The number of halogens is 2. The van der Waals surface area contributed by atoms with Gasteiger partial charge in [0.05, 0.1) is 23.1 Å². The summed E-state index contributed by atoms with van der Waals surface area (Å²) in [5, 5.41) is 2.89. The van der Waals surface area contributed by atoms with E-state index in [1.165, 1.54) is 17.0 Å². The van der Waals surface area contributed by atoms with Gasteiger partial charge in [-0.25, -0.2) is 13.2 Å². The van der Waals surface area contributed by atoms with Gasteiger partial charge in [0.25, 0.3) is 0 Å². The highest BCUT2D eigenvalue weighted by atomic mass is 35.5. The van der Waals surface area contributed by atoms with Crippen LogP contribution in [0.15, 0.2) is 52.4 Å². The Labute approximate surface area is 233 Å². The number of benzene rings is 2. The van der Waals surface area contributed by atoms with Crippen LogP contribution in [0.1, 0.15) is 38.3 Å². The van der Waals surface area contributed by atoms with Gasteiger partial charge in [0.2, 0.25) is 5.91 Å². The highest BCUT2D eigenvalue weighted by Gasteiger charge is 2.29. The molecule has 3 rings (SSSR count). The lowest BCUT2D eigenvalue weighted by molar-refractivity contribution is -0.130. The number of aliphatic imine (C=N–C) groups is 1. The topological polar surface area (TPSA) is 108 Å². The third-order valence-electron chi connectivity index (χ3n) is 5.55. The van der Waals surface area contributed by atoms with Crippen LogP contribution in [0.2, 0.25) is 10.0 Å². The minimum atomic E-state index is -3.76. The Morgan fingerprint density at radius 1 is 1.11 bits per heavy atom. The van der Waals surface area contributed by atoms with Gasteiger partial charge in [-0.3, -0.25) is 14.7 Å². The fraction of sp³-hybridized carbons (Fsp3) is 0.423. The maximum absolute atomic E-state index is 12.6. The number of sulfone groups is 1. The van der Waals surface area contributed by atoms with E-state index in [-0.39, 0.29) is 39.7 Å². The summed E-state index contributed by atoms with van der Waals surface area (Å²) in [5.74, 6) is 0.0272. The molecule has 0 saturated heterocycles. The summed E-state index contributed by atoms with van der Waals surface area (Å²) < 4.78 is 30.6. The van der Waals surface area contributed by atoms with Crippen molar-refractivity contribution in [2.45, 2.75) is 44.2 Å². The van der Waals surface area contributed by atoms with Crippen LogP contribution in [0.25, 0.3) is 0 Å². The largest absolute Gasteiger partial charge is 0.443 e. The number of nitrogens with one attached hydrogen (secondary N) is 1. The molecule has 0 atom stereocenters. The third-order valence-corrected chi connectivity index (χ3v) is 8.05. The lowest BCUT2D eigenvalue weighted by Crippen LogP contribution is -2.39. The summed E-state index contributed by atoms with van der Waals surface area (Å²) in [7, 11) is -2.08. The molecular weight excluding hydrogens is 551 g/mol. The molecule has 1 aliphatic rings. The van der Waals surface area contributed by atoms with E-state index >= 15 is 0 Å². The molecule has 0 spiro atoms. The Morgan fingerprint density at radius 2 is 1.74 bits per heavy atom. The second-order valence-corrected chi connectivity index (χ2v) is 12.6. The van der Waals surface area contributed by atoms with Crippen molar-refractivity contribution < 1.29 is 22.7 Å². The van der Waals surface area contributed by atoms with Crippen molar-refractivity contribution in [1.29, 1.82) is 0 Å². The first-order chi connectivity index (χ1) is 17.8. The first kappa shape index (κ1) is 29.9. The fourth-order valence-electron chi connectivity index (χ4n) is 3.75. The van der Waals surface area contributed by atoms with Crippen LogP contribution in [-0.2, 0) is 25.9 Å². The average molecular weight is 584 g/mol. The zero-order chi connectivity index (χ0) is 28.1. The molecule has 12 heteroatoms. The summed E-state index contributed by atoms with van der Waals surface area (Å²) in [5.41, 5.74) is 1.09. The molecular formula is C26H32Cl2N4O5S. The normalized spacial score (nSPS) is 13.8. The van der Waals surface area contributed by atoms with Gasteiger partial charge in [0, 0.05) is 32.1 Å². The van der Waals surface area contributed by atoms with E-state index in [0.29, 0.717) is 25.5 Å². The molecule has 1 N–H and O–H groups in total. The van der Waals surface area contributed by atoms with Crippen molar-refractivity contribution in [2.24, 2.45) is 4.99 Å². The summed E-state index contributed by atoms with van der Waals surface area (Å²) in [4.78, 5) is 32.5. The van der Waals surface area contributed by atoms with Gasteiger partial charge in [-0.1, -0.05) is 53.5 Å². The van der Waals surface area contributed by atoms with Crippen molar-refractivity contribution >= 4 is 50.9 Å². The Morgan fingerprint density at radius 3 is 2.34 bits per heavy atom. The molecule has 0 radical (unpaired) electrons. The molecule has 2 aromatic rings. The summed E-state index contributed by atoms with van der Waals surface area (Å²) in [6, 6.07) is 12.0. The molecule has 0 saturated carbocycles. The number of nitrogens with zero attached hydrogens (tertiary/aromatic N) is 3. The zero-order valence-electron chi connectivity index (χ0n) is 21.8. The van der Waals surface area contributed by atoms with Crippen LogP contribution in [0.4, 0.5) is 4.79 Å². The van der Waals surface area contributed by atoms with Crippen LogP contribution < -0.4 is 5.32 Å². The molecule has 2 aromatic carbocycles. The maximum atomic E-state index is 12.6. The number of rotatable bonds is 9. The Bertz CT molecular complexity index is 1290. The van der Waals surface area contributed by atoms with Gasteiger partial charge >= 0.3 is 6.09 Å². The predicted octanol–water partition coefficient (Wildman–Crippen LogP) is 4.36. The number of carbonyl (C=O) groups excluding carboxylic acids is 2. The number of hydrogen-bond acceptors (Lipinski definition) is 7. The summed E-state index contributed by atoms with van der Waals surface area (Å²) in [6.45, 7) is 6.97. The van der Waals surface area contributed by atoms with Crippen molar-refractivity contribution in [3.05, 3.63) is 63.6 Å². The van der Waals surface area contributed by atoms with Gasteiger partial charge in [-0.05, 0) is 38.5 Å². The zero-order valence-corrected chi connectivity index (χ0v) is 24.2. The minimum absolute atomic E-state index is 0.0543. The molecule has 0 bridgehead atoms. The van der Waals surface area contributed by atoms with Crippen LogP contribution in [0.3, 0.4) is 0 Å². The number of ether oxygens (including phenoxy) is 1. The van der Waals surface area contributed by atoms with E-state index in [2.05, 4.69) is 10.3 Å². The third kappa shape index (κ3) is 7.92. The van der Waals surface area contributed by atoms with Crippen molar-refractivity contribution in [3.8, 4) is 0 Å². The SMILES string of the molecule is CN(Cc1ccc(C2=NCCN2C(=O)OC(C)(C)C)cc1)C(=O)CCNCS(=O)(=O)c1c(Cl)cccc1Cl. The Balaban J connectivity index is 1.50. The molecule has 1 aliphatic heterocycles. The first-order valence-electron chi connectivity index (χ1n) is 12.0. The smallest absolute Gasteiger partial charge is 0.416 e. The van der Waals surface area contributed by atoms with Gasteiger partial charge in [-0.15, -0.1) is 0 Å². The van der Waals surface area contributed by atoms with E-state index in [9.17, 15) is 18.0 Å². The van der Waals surface area contributed by atoms with Crippen LogP contribution in [0, 0.1) is 0 Å². The van der Waals surface area contributed by atoms with Crippen LogP contribution >= 0.6 is 23.2 Å². The summed E-state index contributed by atoms with van der Waals surface area (Å²) >= 11 is 12.0. The average Bonchev–Trinajstić information content (AvgIpc) is 3.31. The molecule has 206 valence electrons.